The van der Waals surface area contributed by atoms with Gasteiger partial charge in [-0.15, -0.1) is 0 Å². The van der Waals surface area contributed by atoms with E-state index in [1.807, 2.05) is 66.7 Å². The van der Waals surface area contributed by atoms with Gasteiger partial charge < -0.3 is 28.6 Å². The van der Waals surface area contributed by atoms with Crippen molar-refractivity contribution in [2.45, 2.75) is 44.3 Å². The number of aliphatic hydroxyl groups is 1. The van der Waals surface area contributed by atoms with Crippen molar-refractivity contribution in [1.29, 1.82) is 0 Å². The Morgan fingerprint density at radius 1 is 0.810 bits per heavy atom. The van der Waals surface area contributed by atoms with Crippen LogP contribution in [0.15, 0.2) is 103 Å². The molecule has 0 radical (unpaired) electrons. The van der Waals surface area contributed by atoms with Crippen molar-refractivity contribution in [2.75, 3.05) is 20.8 Å². The summed E-state index contributed by atoms with van der Waals surface area (Å²) in [7, 11) is 3.32. The summed E-state index contributed by atoms with van der Waals surface area (Å²) in [6, 6.07) is 32.5. The molecule has 1 aliphatic rings. The molecule has 0 spiro atoms. The van der Waals surface area contributed by atoms with E-state index in [9.17, 15) is 5.11 Å². The molecule has 1 saturated heterocycles. The molecule has 6 rings (SSSR count). The molecular weight excluding hydrogens is 526 g/mol. The minimum absolute atomic E-state index is 0.182. The highest BCUT2D eigenvalue weighted by Crippen LogP contribution is 2.43. The van der Waals surface area contributed by atoms with Gasteiger partial charge >= 0.3 is 0 Å². The summed E-state index contributed by atoms with van der Waals surface area (Å²) in [5.74, 6) is 1.52. The van der Waals surface area contributed by atoms with Gasteiger partial charge in [-0.2, -0.15) is 0 Å². The van der Waals surface area contributed by atoms with Crippen LogP contribution in [0.4, 0.5) is 0 Å². The second kappa shape index (κ2) is 11.6. The summed E-state index contributed by atoms with van der Waals surface area (Å²) < 4.78 is 26.6. The van der Waals surface area contributed by atoms with Gasteiger partial charge in [0.2, 0.25) is 0 Å². The van der Waals surface area contributed by atoms with Crippen molar-refractivity contribution in [3.63, 3.8) is 0 Å². The third-order valence-electron chi connectivity index (χ3n) is 8.34. The number of nitrogens with zero attached hydrogens (tertiary/aromatic N) is 1. The highest BCUT2D eigenvalue weighted by atomic mass is 16.6. The molecule has 6 nitrogen and oxygen atoms in total. The number of methoxy groups -OCH3 is 2. The van der Waals surface area contributed by atoms with E-state index in [1.165, 1.54) is 16.5 Å². The zero-order chi connectivity index (χ0) is 29.3. The minimum Gasteiger partial charge on any atom is -0.497 e. The van der Waals surface area contributed by atoms with Crippen LogP contribution >= 0.6 is 0 Å². The number of aromatic nitrogens is 1. The fraction of sp³-hybridized carbons (Fsp3) is 0.278. The van der Waals surface area contributed by atoms with Gasteiger partial charge in [0.05, 0.1) is 32.4 Å². The quantitative estimate of drug-likeness (QED) is 0.197. The van der Waals surface area contributed by atoms with Gasteiger partial charge in [0.1, 0.15) is 29.4 Å². The smallest absolute Gasteiger partial charge is 0.143 e. The molecule has 0 saturated carbocycles. The van der Waals surface area contributed by atoms with Gasteiger partial charge in [-0.1, -0.05) is 60.7 Å². The standard InChI is InChI=1S/C36H37NO5/c1-24-20-25(2)31-18-19-37(32(31)21-24)35-22-33(38)34(42-35)23-41-36(26-8-6-5-7-9-26,27-10-14-29(39-3)15-11-27)28-12-16-30(40-4)17-13-28/h5-21,33-35,38H,22-23H2,1-4H3/t33-,34+,35+/m0/s1. The Bertz CT molecular complexity index is 1600. The first-order valence-corrected chi connectivity index (χ1v) is 14.3. The number of fused-ring (bicyclic) bond motifs is 1. The van der Waals surface area contributed by atoms with Crippen LogP contribution in [-0.2, 0) is 15.1 Å². The molecule has 1 aromatic heterocycles. The predicted molar refractivity (Wildman–Crippen MR) is 164 cm³/mol. The van der Waals surface area contributed by atoms with Gasteiger partial charge in [-0.05, 0) is 78.1 Å². The maximum atomic E-state index is 11.2. The van der Waals surface area contributed by atoms with Crippen molar-refractivity contribution in [1.82, 2.24) is 4.57 Å². The Hall–Kier alpha value is -4.10. The zero-order valence-electron chi connectivity index (χ0n) is 24.5. The lowest BCUT2D eigenvalue weighted by atomic mass is 9.80. The fourth-order valence-corrected chi connectivity index (χ4v) is 6.19. The molecule has 1 N–H and O–H groups in total. The monoisotopic (exact) mass is 563 g/mol. The van der Waals surface area contributed by atoms with E-state index in [0.717, 1.165) is 33.7 Å². The van der Waals surface area contributed by atoms with Crippen molar-refractivity contribution < 1.29 is 24.1 Å². The summed E-state index contributed by atoms with van der Waals surface area (Å²) in [4.78, 5) is 0. The van der Waals surface area contributed by atoms with E-state index < -0.39 is 17.8 Å². The van der Waals surface area contributed by atoms with Gasteiger partial charge in [0, 0.05) is 18.0 Å². The van der Waals surface area contributed by atoms with E-state index in [2.05, 4.69) is 54.9 Å². The number of aryl methyl sites for hydroxylation is 2. The van der Waals surface area contributed by atoms with Gasteiger partial charge in [0.15, 0.2) is 0 Å². The topological polar surface area (TPSA) is 62.1 Å². The SMILES string of the molecule is COc1ccc(C(OC[C@H]2O[C@@H](n3ccc4c(C)cc(C)cc43)C[C@@H]2O)(c2ccccc2)c2ccc(OC)cc2)cc1. The lowest BCUT2D eigenvalue weighted by molar-refractivity contribution is -0.0929. The first-order chi connectivity index (χ1) is 20.4. The molecule has 0 bridgehead atoms. The molecule has 3 atom stereocenters. The van der Waals surface area contributed by atoms with E-state index >= 15 is 0 Å². The average molecular weight is 564 g/mol. The summed E-state index contributed by atoms with van der Waals surface area (Å²) in [5.41, 5.74) is 5.40. The average Bonchev–Trinajstić information content (AvgIpc) is 3.61. The van der Waals surface area contributed by atoms with Gasteiger partial charge in [0.25, 0.3) is 0 Å². The Kier molecular flexibility index (Phi) is 7.78. The van der Waals surface area contributed by atoms with Crippen molar-refractivity contribution in [2.24, 2.45) is 0 Å². The summed E-state index contributed by atoms with van der Waals surface area (Å²) in [6.45, 7) is 4.41. The lowest BCUT2D eigenvalue weighted by Crippen LogP contribution is -2.38. The Labute approximate surface area is 247 Å². The first-order valence-electron chi connectivity index (χ1n) is 14.3. The van der Waals surface area contributed by atoms with E-state index in [1.54, 1.807) is 14.2 Å². The predicted octanol–water partition coefficient (Wildman–Crippen LogP) is 6.93. The molecule has 1 fully saturated rings. The number of benzene rings is 4. The van der Waals surface area contributed by atoms with Crippen LogP contribution in [0.2, 0.25) is 0 Å². The summed E-state index contributed by atoms with van der Waals surface area (Å²) in [6.07, 6.45) is 1.05. The van der Waals surface area contributed by atoms with Crippen molar-refractivity contribution in [3.05, 3.63) is 131 Å². The van der Waals surface area contributed by atoms with E-state index in [0.29, 0.717) is 6.42 Å². The Morgan fingerprint density at radius 3 is 2.00 bits per heavy atom. The van der Waals surface area contributed by atoms with Gasteiger partial charge in [-0.3, -0.25) is 0 Å². The number of rotatable bonds is 9. The Balaban J connectivity index is 1.37. The van der Waals surface area contributed by atoms with Crippen LogP contribution in [-0.4, -0.2) is 42.7 Å². The second-order valence-electron chi connectivity index (χ2n) is 11.0. The lowest BCUT2D eigenvalue weighted by Gasteiger charge is -2.37. The molecule has 5 aromatic rings. The van der Waals surface area contributed by atoms with Crippen molar-refractivity contribution >= 4 is 10.9 Å². The van der Waals surface area contributed by atoms with Crippen molar-refractivity contribution in [3.8, 4) is 11.5 Å². The summed E-state index contributed by atoms with van der Waals surface area (Å²) >= 11 is 0. The molecule has 42 heavy (non-hydrogen) atoms. The highest BCUT2D eigenvalue weighted by molar-refractivity contribution is 5.84. The highest BCUT2D eigenvalue weighted by Gasteiger charge is 2.42. The molecule has 0 unspecified atom stereocenters. The fourth-order valence-electron chi connectivity index (χ4n) is 6.19. The second-order valence-corrected chi connectivity index (χ2v) is 11.0. The molecular formula is C36H37NO5. The molecule has 4 aromatic carbocycles. The maximum absolute atomic E-state index is 11.2. The number of hydrogen-bond donors (Lipinski definition) is 1. The van der Waals surface area contributed by atoms with Crippen LogP contribution in [0.3, 0.4) is 0 Å². The molecule has 0 aliphatic carbocycles. The number of aliphatic hydroxyl groups excluding tert-OH is 1. The molecule has 1 aliphatic heterocycles. The van der Waals surface area contributed by atoms with Crippen LogP contribution in [0.1, 0.15) is 40.5 Å². The molecule has 6 heteroatoms. The third kappa shape index (κ3) is 5.07. The van der Waals surface area contributed by atoms with Crippen LogP contribution in [0.5, 0.6) is 11.5 Å². The zero-order valence-corrected chi connectivity index (χ0v) is 24.5. The normalized spacial score (nSPS) is 18.8. The third-order valence-corrected chi connectivity index (χ3v) is 8.34. The number of hydrogen-bond acceptors (Lipinski definition) is 5. The minimum atomic E-state index is -0.977. The first kappa shape index (κ1) is 28.0. The van der Waals surface area contributed by atoms with Crippen LogP contribution < -0.4 is 9.47 Å². The van der Waals surface area contributed by atoms with E-state index in [-0.39, 0.29) is 12.8 Å². The van der Waals surface area contributed by atoms with Crippen LogP contribution in [0.25, 0.3) is 10.9 Å². The van der Waals surface area contributed by atoms with Crippen LogP contribution in [0, 0.1) is 13.8 Å². The molecule has 2 heterocycles. The molecule has 216 valence electrons. The summed E-state index contributed by atoms with van der Waals surface area (Å²) in [5, 5.41) is 12.4. The number of ether oxygens (including phenoxy) is 4. The van der Waals surface area contributed by atoms with E-state index in [4.69, 9.17) is 18.9 Å². The van der Waals surface area contributed by atoms with Gasteiger partial charge in [-0.25, -0.2) is 0 Å². The Morgan fingerprint density at radius 2 is 1.40 bits per heavy atom. The maximum Gasteiger partial charge on any atom is 0.143 e. The molecule has 0 amide bonds. The largest absolute Gasteiger partial charge is 0.497 e.